The van der Waals surface area contributed by atoms with Crippen molar-refractivity contribution in [3.05, 3.63) is 24.3 Å². The first-order chi connectivity index (χ1) is 24.1. The van der Waals surface area contributed by atoms with Gasteiger partial charge < -0.3 is 20.1 Å². The zero-order valence-corrected chi connectivity index (χ0v) is 33.3. The van der Waals surface area contributed by atoms with Gasteiger partial charge in [-0.15, -0.1) is 0 Å². The molecule has 292 valence electrons. The first kappa shape index (κ1) is 48.5. The van der Waals surface area contributed by atoms with E-state index in [2.05, 4.69) is 38.2 Å². The quantitative estimate of drug-likeness (QED) is 0.0369. The minimum absolute atomic E-state index is 0.0266. The van der Waals surface area contributed by atoms with Crippen LogP contribution in [0.15, 0.2) is 24.3 Å². The Morgan fingerprint density at radius 1 is 0.510 bits per heavy atom. The van der Waals surface area contributed by atoms with Crippen LogP contribution in [0.5, 0.6) is 0 Å². The number of hydrogen-bond donors (Lipinski definition) is 2. The maximum atomic E-state index is 12.1. The summed E-state index contributed by atoms with van der Waals surface area (Å²) >= 11 is 0. The van der Waals surface area contributed by atoms with Gasteiger partial charge in [0.25, 0.3) is 0 Å². The van der Waals surface area contributed by atoms with Crippen molar-refractivity contribution in [2.75, 3.05) is 39.6 Å². The van der Waals surface area contributed by atoms with E-state index in [0.717, 1.165) is 25.7 Å². The first-order valence-corrected chi connectivity index (χ1v) is 22.4. The van der Waals surface area contributed by atoms with Crippen molar-refractivity contribution in [3.8, 4) is 0 Å². The summed E-state index contributed by atoms with van der Waals surface area (Å²) in [5.74, 6) is 0. The minimum Gasteiger partial charge on any atom is -0.379 e. The summed E-state index contributed by atoms with van der Waals surface area (Å²) in [6, 6.07) is 0. The molecule has 7 nitrogen and oxygen atoms in total. The SMILES string of the molecule is CCCCCCCCC=CCCCCCCCCOC[C@H](COP(=O)(O)OCCN)OCCCCCCCCC=CCCCCCCCC. The summed E-state index contributed by atoms with van der Waals surface area (Å²) < 4.78 is 34.1. The van der Waals surface area contributed by atoms with Gasteiger partial charge in [-0.25, -0.2) is 4.57 Å². The van der Waals surface area contributed by atoms with Crippen molar-refractivity contribution in [2.45, 2.75) is 200 Å². The second-order valence-corrected chi connectivity index (χ2v) is 15.3. The lowest BCUT2D eigenvalue weighted by Crippen LogP contribution is -2.26. The Kier molecular flexibility index (Phi) is 39.8. The molecule has 0 saturated heterocycles. The van der Waals surface area contributed by atoms with Crippen molar-refractivity contribution in [1.29, 1.82) is 0 Å². The number of hydrogen-bond acceptors (Lipinski definition) is 6. The van der Waals surface area contributed by atoms with Gasteiger partial charge in [0.1, 0.15) is 6.10 Å². The number of nitrogens with two attached hydrogens (primary N) is 1. The molecule has 49 heavy (non-hydrogen) atoms. The minimum atomic E-state index is -4.14. The summed E-state index contributed by atoms with van der Waals surface area (Å²) in [5, 5.41) is 0. The fourth-order valence-corrected chi connectivity index (χ4v) is 6.56. The molecule has 0 aliphatic heterocycles. The molecule has 2 atom stereocenters. The van der Waals surface area contributed by atoms with Crippen molar-refractivity contribution in [1.82, 2.24) is 0 Å². The summed E-state index contributed by atoms with van der Waals surface area (Å²) in [7, 11) is -4.14. The van der Waals surface area contributed by atoms with Crippen LogP contribution in [-0.2, 0) is 23.1 Å². The van der Waals surface area contributed by atoms with Crippen LogP contribution in [-0.4, -0.2) is 50.6 Å². The molecule has 0 rings (SSSR count). The average molecular weight is 716 g/mol. The number of allylic oxidation sites excluding steroid dienone is 4. The predicted octanol–water partition coefficient (Wildman–Crippen LogP) is 12.6. The first-order valence-electron chi connectivity index (χ1n) is 20.9. The van der Waals surface area contributed by atoms with E-state index < -0.39 is 13.9 Å². The topological polar surface area (TPSA) is 100 Å². The van der Waals surface area contributed by atoms with Gasteiger partial charge in [0.05, 0.1) is 19.8 Å². The molecule has 1 unspecified atom stereocenters. The van der Waals surface area contributed by atoms with Crippen LogP contribution in [0.1, 0.15) is 194 Å². The second kappa shape index (κ2) is 40.2. The Bertz CT molecular complexity index is 750. The lowest BCUT2D eigenvalue weighted by molar-refractivity contribution is -0.0443. The molecule has 0 bridgehead atoms. The highest BCUT2D eigenvalue weighted by Crippen LogP contribution is 2.43. The summed E-state index contributed by atoms with van der Waals surface area (Å²) in [6.45, 7) is 6.22. The zero-order valence-electron chi connectivity index (χ0n) is 32.4. The maximum Gasteiger partial charge on any atom is 0.472 e. The van der Waals surface area contributed by atoms with Crippen LogP contribution in [0.25, 0.3) is 0 Å². The van der Waals surface area contributed by atoms with Crippen molar-refractivity contribution >= 4 is 7.82 Å². The molecule has 0 aromatic heterocycles. The Balaban J connectivity index is 3.93. The molecule has 0 spiro atoms. The highest BCUT2D eigenvalue weighted by Gasteiger charge is 2.23. The van der Waals surface area contributed by atoms with Crippen LogP contribution < -0.4 is 5.73 Å². The average Bonchev–Trinajstić information content (AvgIpc) is 3.10. The normalized spacial score (nSPS) is 14.0. The van der Waals surface area contributed by atoms with E-state index in [1.807, 2.05) is 0 Å². The molecule has 0 aromatic carbocycles. The fraction of sp³-hybridized carbons (Fsp3) is 0.902. The smallest absolute Gasteiger partial charge is 0.379 e. The summed E-state index contributed by atoms with van der Waals surface area (Å²) in [4.78, 5) is 9.89. The third-order valence-corrected chi connectivity index (χ3v) is 9.89. The van der Waals surface area contributed by atoms with Crippen LogP contribution in [0.2, 0.25) is 0 Å². The van der Waals surface area contributed by atoms with Crippen molar-refractivity contribution in [3.63, 3.8) is 0 Å². The van der Waals surface area contributed by atoms with Gasteiger partial charge in [0.15, 0.2) is 0 Å². The largest absolute Gasteiger partial charge is 0.472 e. The van der Waals surface area contributed by atoms with Gasteiger partial charge in [0.2, 0.25) is 0 Å². The monoisotopic (exact) mass is 716 g/mol. The number of rotatable bonds is 41. The van der Waals surface area contributed by atoms with Crippen LogP contribution >= 0.6 is 7.82 Å². The van der Waals surface area contributed by atoms with Crippen LogP contribution in [0, 0.1) is 0 Å². The highest BCUT2D eigenvalue weighted by atomic mass is 31.2. The van der Waals surface area contributed by atoms with Gasteiger partial charge >= 0.3 is 7.82 Å². The number of phosphoric acid groups is 1. The van der Waals surface area contributed by atoms with Gasteiger partial charge in [-0.3, -0.25) is 9.05 Å². The second-order valence-electron chi connectivity index (χ2n) is 13.8. The Hall–Kier alpha value is -0.530. The van der Waals surface area contributed by atoms with Crippen LogP contribution in [0.4, 0.5) is 0 Å². The molecule has 0 radical (unpaired) electrons. The molecular formula is C41H82NO6P. The van der Waals surface area contributed by atoms with E-state index in [1.165, 1.54) is 154 Å². The van der Waals surface area contributed by atoms with E-state index in [1.54, 1.807) is 0 Å². The maximum absolute atomic E-state index is 12.1. The molecule has 0 saturated carbocycles. The Morgan fingerprint density at radius 2 is 0.898 bits per heavy atom. The van der Waals surface area contributed by atoms with Gasteiger partial charge in [-0.2, -0.15) is 0 Å². The van der Waals surface area contributed by atoms with Crippen molar-refractivity contribution in [2.24, 2.45) is 5.73 Å². The molecule has 0 fully saturated rings. The lowest BCUT2D eigenvalue weighted by atomic mass is 10.1. The molecule has 3 N–H and O–H groups in total. The lowest BCUT2D eigenvalue weighted by Gasteiger charge is -2.20. The molecule has 0 aromatic rings. The van der Waals surface area contributed by atoms with Gasteiger partial charge in [-0.05, 0) is 64.2 Å². The molecule has 0 heterocycles. The molecule has 0 aliphatic rings. The predicted molar refractivity (Wildman–Crippen MR) is 210 cm³/mol. The summed E-state index contributed by atoms with van der Waals surface area (Å²) in [5.41, 5.74) is 5.39. The molecular weight excluding hydrogens is 633 g/mol. The van der Waals surface area contributed by atoms with E-state index in [4.69, 9.17) is 24.3 Å². The third-order valence-electron chi connectivity index (χ3n) is 8.91. The highest BCUT2D eigenvalue weighted by molar-refractivity contribution is 7.47. The Labute approximate surface area is 304 Å². The van der Waals surface area contributed by atoms with Gasteiger partial charge in [-0.1, -0.05) is 154 Å². The zero-order chi connectivity index (χ0) is 35.8. The van der Waals surface area contributed by atoms with E-state index in [0.29, 0.717) is 19.8 Å². The number of ether oxygens (including phenoxy) is 2. The Morgan fingerprint density at radius 3 is 1.33 bits per heavy atom. The van der Waals surface area contributed by atoms with Crippen molar-refractivity contribution < 1.29 is 28.0 Å². The fourth-order valence-electron chi connectivity index (χ4n) is 5.79. The standard InChI is InChI=1S/C41H82NO6P/c1-3-5-7-9-11-13-15-17-19-21-23-25-27-29-31-33-36-45-39-41(40-48-49(43,44)47-38-35-42)46-37-34-32-30-28-26-24-22-20-18-16-14-12-10-8-6-4-2/h17-20,41H,3-16,21-40,42H2,1-2H3,(H,43,44)/t41-/m1/s1. The summed E-state index contributed by atoms with van der Waals surface area (Å²) in [6.07, 6.45) is 44.7. The van der Waals surface area contributed by atoms with Gasteiger partial charge in [0, 0.05) is 19.8 Å². The number of unbranched alkanes of at least 4 members (excludes halogenated alkanes) is 24. The molecule has 0 aliphatic carbocycles. The number of phosphoric ester groups is 1. The van der Waals surface area contributed by atoms with E-state index in [-0.39, 0.29) is 19.8 Å². The third kappa shape index (κ3) is 40.1. The van der Waals surface area contributed by atoms with Crippen LogP contribution in [0.3, 0.4) is 0 Å². The van der Waals surface area contributed by atoms with E-state index >= 15 is 0 Å². The van der Waals surface area contributed by atoms with E-state index in [9.17, 15) is 9.46 Å². The molecule has 0 amide bonds. The molecule has 8 heteroatoms.